The van der Waals surface area contributed by atoms with Crippen molar-refractivity contribution >= 4 is 55.0 Å². The van der Waals surface area contributed by atoms with Crippen LogP contribution in [0.4, 0.5) is 0 Å². The summed E-state index contributed by atoms with van der Waals surface area (Å²) in [5.74, 6) is -0.204. The third-order valence-electron chi connectivity index (χ3n) is 2.43. The first kappa shape index (κ1) is 18.9. The lowest BCUT2D eigenvalue weighted by Crippen LogP contribution is -2.42. The molecule has 0 radical (unpaired) electrons. The predicted octanol–water partition coefficient (Wildman–Crippen LogP) is 1.69. The lowest BCUT2D eigenvalue weighted by Gasteiger charge is -2.22. The van der Waals surface area contributed by atoms with Crippen molar-refractivity contribution in [2.75, 3.05) is 25.7 Å². The van der Waals surface area contributed by atoms with Gasteiger partial charge in [-0.05, 0) is 35.2 Å². The van der Waals surface area contributed by atoms with Gasteiger partial charge in [0.2, 0.25) is 10.0 Å². The molecule has 0 aliphatic rings. The molecule has 1 aromatic rings. The van der Waals surface area contributed by atoms with Gasteiger partial charge >= 0.3 is 5.97 Å². The zero-order valence-electron chi connectivity index (χ0n) is 11.7. The second-order valence-electron chi connectivity index (χ2n) is 4.49. The number of hydrogen-bond donors (Lipinski definition) is 2. The van der Waals surface area contributed by atoms with Crippen LogP contribution in [0.1, 0.15) is 16.6 Å². The van der Waals surface area contributed by atoms with E-state index < -0.39 is 21.6 Å². The van der Waals surface area contributed by atoms with Crippen molar-refractivity contribution in [2.45, 2.75) is 17.4 Å². The van der Waals surface area contributed by atoms with Crippen LogP contribution in [-0.2, 0) is 14.8 Å². The molecule has 6 nitrogen and oxygen atoms in total. The van der Waals surface area contributed by atoms with Crippen molar-refractivity contribution in [1.82, 2.24) is 4.72 Å². The van der Waals surface area contributed by atoms with Crippen molar-refractivity contribution in [3.05, 3.63) is 14.7 Å². The van der Waals surface area contributed by atoms with Gasteiger partial charge in [-0.25, -0.2) is 17.9 Å². The van der Waals surface area contributed by atoms with Crippen molar-refractivity contribution < 1.29 is 23.1 Å². The third kappa shape index (κ3) is 5.22. The lowest BCUT2D eigenvalue weighted by molar-refractivity contribution is 0.0606. The Kier molecular flexibility index (Phi) is 6.69. The number of sulfonamides is 1. The molecule has 1 atom stereocenters. The quantitative estimate of drug-likeness (QED) is 0.655. The number of esters is 1. The maximum absolute atomic E-state index is 12.2. The van der Waals surface area contributed by atoms with Gasteiger partial charge in [0, 0.05) is 12.3 Å². The van der Waals surface area contributed by atoms with E-state index in [1.807, 2.05) is 6.26 Å². The smallest absolute Gasteiger partial charge is 0.348 e. The van der Waals surface area contributed by atoms with Gasteiger partial charge in [0.25, 0.3) is 0 Å². The second-order valence-corrected chi connectivity index (χ2v) is 9.47. The van der Waals surface area contributed by atoms with Crippen LogP contribution in [-0.4, -0.2) is 50.8 Å². The number of rotatable bonds is 7. The van der Waals surface area contributed by atoms with E-state index in [0.29, 0.717) is 9.54 Å². The molecule has 1 rings (SSSR count). The molecule has 1 heterocycles. The number of carbonyl (C=O) groups excluding carboxylic acids is 1. The molecule has 0 aliphatic carbocycles. The van der Waals surface area contributed by atoms with Gasteiger partial charge < -0.3 is 9.84 Å². The fraction of sp³-hybridized carbons (Fsp3) is 0.545. The summed E-state index contributed by atoms with van der Waals surface area (Å²) in [4.78, 5) is 11.6. The summed E-state index contributed by atoms with van der Waals surface area (Å²) in [6.07, 6.45) is 1.82. The number of carbonyl (C=O) groups is 1. The first-order valence-electron chi connectivity index (χ1n) is 5.71. The summed E-state index contributed by atoms with van der Waals surface area (Å²) in [6.45, 7) is 1.43. The molecule has 10 heteroatoms. The van der Waals surface area contributed by atoms with Gasteiger partial charge in [-0.1, -0.05) is 0 Å². The van der Waals surface area contributed by atoms with Gasteiger partial charge in [0.05, 0.1) is 16.5 Å². The molecule has 21 heavy (non-hydrogen) atoms. The summed E-state index contributed by atoms with van der Waals surface area (Å²) < 4.78 is 31.7. The lowest BCUT2D eigenvalue weighted by atomic mass is 10.1. The van der Waals surface area contributed by atoms with Crippen molar-refractivity contribution in [1.29, 1.82) is 0 Å². The Morgan fingerprint density at radius 3 is 2.76 bits per heavy atom. The van der Waals surface area contributed by atoms with Crippen molar-refractivity contribution in [2.24, 2.45) is 0 Å². The number of halogens is 1. The number of ether oxygens (including phenoxy) is 1. The second kappa shape index (κ2) is 7.42. The Hall–Kier alpha value is -0.130. The van der Waals surface area contributed by atoms with E-state index >= 15 is 0 Å². The molecule has 0 amide bonds. The van der Waals surface area contributed by atoms with Gasteiger partial charge in [0.1, 0.15) is 9.77 Å². The van der Waals surface area contributed by atoms with Crippen LogP contribution >= 0.6 is 39.0 Å². The number of methoxy groups -OCH3 is 1. The SMILES string of the molecule is COC(=O)c1cc(S(=O)(=O)NCC(C)(O)CSC)c(Br)s1. The number of thioether (sulfide) groups is 1. The van der Waals surface area contributed by atoms with E-state index in [4.69, 9.17) is 0 Å². The Labute approximate surface area is 140 Å². The van der Waals surface area contributed by atoms with E-state index in [2.05, 4.69) is 25.4 Å². The van der Waals surface area contributed by atoms with Crippen LogP contribution in [0.3, 0.4) is 0 Å². The van der Waals surface area contributed by atoms with Gasteiger partial charge in [0.15, 0.2) is 0 Å². The van der Waals surface area contributed by atoms with Gasteiger partial charge in [-0.2, -0.15) is 11.8 Å². The van der Waals surface area contributed by atoms with E-state index in [-0.39, 0.29) is 16.3 Å². The molecule has 1 unspecified atom stereocenters. The largest absolute Gasteiger partial charge is 0.465 e. The molecule has 0 aliphatic heterocycles. The van der Waals surface area contributed by atoms with Crippen LogP contribution in [0, 0.1) is 0 Å². The highest BCUT2D eigenvalue weighted by atomic mass is 79.9. The Balaban J connectivity index is 2.93. The van der Waals surface area contributed by atoms with Crippen LogP contribution in [0.25, 0.3) is 0 Å². The minimum atomic E-state index is -3.83. The maximum atomic E-state index is 12.2. The fourth-order valence-corrected chi connectivity index (χ4v) is 5.79. The summed E-state index contributed by atoms with van der Waals surface area (Å²) in [5.41, 5.74) is -1.15. The standard InChI is InChI=1S/C11H16BrNO5S3/c1-11(15,6-19-3)5-13-21(16,17)8-4-7(10(14)18-2)20-9(8)12/h4,13,15H,5-6H2,1-3H3. The fourth-order valence-electron chi connectivity index (χ4n) is 1.43. The topological polar surface area (TPSA) is 92.7 Å². The Bertz CT molecular complexity index is 611. The number of nitrogens with one attached hydrogen (secondary N) is 1. The Morgan fingerprint density at radius 1 is 1.62 bits per heavy atom. The van der Waals surface area contributed by atoms with E-state index in [0.717, 1.165) is 11.3 Å². The highest BCUT2D eigenvalue weighted by molar-refractivity contribution is 9.11. The molecule has 0 aromatic carbocycles. The molecule has 0 spiro atoms. The molecule has 0 saturated heterocycles. The van der Waals surface area contributed by atoms with E-state index in [9.17, 15) is 18.3 Å². The monoisotopic (exact) mass is 417 g/mol. The summed E-state index contributed by atoms with van der Waals surface area (Å²) in [5, 5.41) is 9.99. The molecule has 0 saturated carbocycles. The normalized spacial score (nSPS) is 14.7. The van der Waals surface area contributed by atoms with Crippen molar-refractivity contribution in [3.63, 3.8) is 0 Å². The third-order valence-corrected chi connectivity index (χ3v) is 6.97. The highest BCUT2D eigenvalue weighted by Crippen LogP contribution is 2.32. The van der Waals surface area contributed by atoms with Gasteiger partial charge in [-0.3, -0.25) is 0 Å². The predicted molar refractivity (Wildman–Crippen MR) is 87.6 cm³/mol. The molecule has 120 valence electrons. The molecule has 0 fully saturated rings. The zero-order valence-corrected chi connectivity index (χ0v) is 15.7. The number of aliphatic hydroxyl groups is 1. The van der Waals surface area contributed by atoms with Crippen LogP contribution < -0.4 is 4.72 Å². The highest BCUT2D eigenvalue weighted by Gasteiger charge is 2.27. The molecule has 1 aromatic heterocycles. The average molecular weight is 418 g/mol. The van der Waals surface area contributed by atoms with E-state index in [1.54, 1.807) is 6.92 Å². The van der Waals surface area contributed by atoms with Gasteiger partial charge in [-0.15, -0.1) is 11.3 Å². The van der Waals surface area contributed by atoms with Crippen LogP contribution in [0.15, 0.2) is 14.7 Å². The molecular weight excluding hydrogens is 402 g/mol. The van der Waals surface area contributed by atoms with Crippen LogP contribution in [0.2, 0.25) is 0 Å². The summed E-state index contributed by atoms with van der Waals surface area (Å²) in [7, 11) is -2.60. The first-order valence-corrected chi connectivity index (χ1v) is 10.2. The zero-order chi connectivity index (χ0) is 16.3. The first-order chi connectivity index (χ1) is 9.63. The van der Waals surface area contributed by atoms with Crippen molar-refractivity contribution in [3.8, 4) is 0 Å². The minimum absolute atomic E-state index is 0.0483. The average Bonchev–Trinajstić information content (AvgIpc) is 2.79. The molecule has 0 bridgehead atoms. The number of thiophene rings is 1. The van der Waals surface area contributed by atoms with E-state index in [1.165, 1.54) is 24.9 Å². The molecule has 2 N–H and O–H groups in total. The summed E-state index contributed by atoms with van der Waals surface area (Å²) in [6, 6.07) is 1.24. The number of hydrogen-bond acceptors (Lipinski definition) is 7. The summed E-state index contributed by atoms with van der Waals surface area (Å²) >= 11 is 5.52. The maximum Gasteiger partial charge on any atom is 0.348 e. The Morgan fingerprint density at radius 2 is 2.24 bits per heavy atom. The molecular formula is C11H16BrNO5S3. The minimum Gasteiger partial charge on any atom is -0.465 e. The van der Waals surface area contributed by atoms with Crippen LogP contribution in [0.5, 0.6) is 0 Å².